The van der Waals surface area contributed by atoms with Gasteiger partial charge in [-0.1, -0.05) is 30.3 Å². The summed E-state index contributed by atoms with van der Waals surface area (Å²) < 4.78 is 12.3. The van der Waals surface area contributed by atoms with Crippen LogP contribution < -0.4 is 10.6 Å². The highest BCUT2D eigenvalue weighted by Crippen LogP contribution is 2.22. The maximum absolute atomic E-state index is 12.3. The van der Waals surface area contributed by atoms with Crippen LogP contribution in [0.2, 0.25) is 0 Å². The Hall–Kier alpha value is -2.60. The average Bonchev–Trinajstić information content (AvgIpc) is 3.13. The van der Waals surface area contributed by atoms with Crippen molar-refractivity contribution in [2.24, 2.45) is 4.99 Å². The Morgan fingerprint density at radius 3 is 2.71 bits per heavy atom. The number of nitrogens with zero attached hydrogens (tertiary/aromatic N) is 1. The predicted octanol–water partition coefficient (Wildman–Crippen LogP) is 3.38. The molecule has 3 rings (SSSR count). The van der Waals surface area contributed by atoms with Crippen molar-refractivity contribution in [2.45, 2.75) is 25.2 Å². The summed E-state index contributed by atoms with van der Waals surface area (Å²) in [5.74, 6) is 1.28. The maximum atomic E-state index is 12.3. The second-order valence-corrected chi connectivity index (χ2v) is 8.18. The molecule has 2 aromatic carbocycles. The van der Waals surface area contributed by atoms with E-state index in [0.29, 0.717) is 12.3 Å². The fourth-order valence-corrected chi connectivity index (χ4v) is 4.19. The van der Waals surface area contributed by atoms with E-state index < -0.39 is 10.8 Å². The minimum atomic E-state index is -1.02. The molecule has 1 heterocycles. The van der Waals surface area contributed by atoms with Gasteiger partial charge < -0.3 is 15.6 Å². The zero-order chi connectivity index (χ0) is 19.8. The Bertz CT molecular complexity index is 950. The number of aromatic amines is 1. The molecule has 1 aromatic heterocycles. The number of aryl methyl sites for hydroxylation is 1. The van der Waals surface area contributed by atoms with Crippen molar-refractivity contribution >= 4 is 27.7 Å². The minimum absolute atomic E-state index is 0.516. The van der Waals surface area contributed by atoms with Crippen LogP contribution in [0.3, 0.4) is 0 Å². The molecule has 0 spiro atoms. The Labute approximate surface area is 169 Å². The number of rotatable bonds is 8. The van der Waals surface area contributed by atoms with Crippen molar-refractivity contribution < 1.29 is 4.21 Å². The minimum Gasteiger partial charge on any atom is -0.361 e. The first kappa shape index (κ1) is 20.1. The summed E-state index contributed by atoms with van der Waals surface area (Å²) in [5, 5.41) is 7.95. The van der Waals surface area contributed by atoms with Crippen LogP contribution in [0.1, 0.15) is 18.1 Å². The molecule has 0 radical (unpaired) electrons. The summed E-state index contributed by atoms with van der Waals surface area (Å²) in [7, 11) is -1.02. The highest BCUT2D eigenvalue weighted by atomic mass is 32.2. The lowest BCUT2D eigenvalue weighted by molar-refractivity contribution is 0.682. The molecule has 0 fully saturated rings. The monoisotopic (exact) mass is 396 g/mol. The fourth-order valence-electron chi connectivity index (χ4n) is 3.24. The number of aromatic nitrogens is 1. The van der Waals surface area contributed by atoms with Crippen molar-refractivity contribution in [1.29, 1.82) is 0 Å². The lowest BCUT2D eigenvalue weighted by Crippen LogP contribution is -2.38. The van der Waals surface area contributed by atoms with Gasteiger partial charge in [-0.05, 0) is 49.6 Å². The molecule has 1 unspecified atom stereocenters. The first-order chi connectivity index (χ1) is 13.7. The van der Waals surface area contributed by atoms with Gasteiger partial charge in [0, 0.05) is 40.8 Å². The molecule has 0 aliphatic heterocycles. The molecular weight excluding hydrogens is 368 g/mol. The third-order valence-corrected chi connectivity index (χ3v) is 5.93. The highest BCUT2D eigenvalue weighted by Gasteiger charge is 2.07. The van der Waals surface area contributed by atoms with Gasteiger partial charge in [0.15, 0.2) is 5.96 Å². The first-order valence-electron chi connectivity index (χ1n) is 9.70. The lowest BCUT2D eigenvalue weighted by Gasteiger charge is -2.11. The highest BCUT2D eigenvalue weighted by molar-refractivity contribution is 7.85. The smallest absolute Gasteiger partial charge is 0.191 e. The molecule has 0 saturated heterocycles. The average molecular weight is 397 g/mol. The Balaban J connectivity index is 1.54. The second-order valence-electron chi connectivity index (χ2n) is 6.61. The zero-order valence-corrected chi connectivity index (χ0v) is 17.3. The van der Waals surface area contributed by atoms with E-state index in [1.54, 1.807) is 0 Å². The van der Waals surface area contributed by atoms with Gasteiger partial charge in [-0.15, -0.1) is 0 Å². The van der Waals surface area contributed by atoms with Crippen molar-refractivity contribution in [1.82, 2.24) is 15.6 Å². The summed E-state index contributed by atoms with van der Waals surface area (Å²) in [6, 6.07) is 15.9. The van der Waals surface area contributed by atoms with E-state index in [2.05, 4.69) is 51.9 Å². The quantitative estimate of drug-likeness (QED) is 0.404. The molecule has 0 saturated carbocycles. The van der Waals surface area contributed by atoms with Crippen LogP contribution in [-0.4, -0.2) is 40.5 Å². The van der Waals surface area contributed by atoms with Crippen LogP contribution in [0.25, 0.3) is 10.9 Å². The standard InChI is InChI=1S/C22H28N4OS/c1-3-23-22(25-14-15-28(27)19-9-5-4-6-10-19)24-13-12-18-16-26-20-11-7-8-17(2)21(18)20/h4-11,16,26H,3,12-15H2,1-2H3,(H2,23,24,25). The van der Waals surface area contributed by atoms with Crippen molar-refractivity contribution in [3.8, 4) is 0 Å². The van der Waals surface area contributed by atoms with Crippen molar-refractivity contribution in [3.05, 3.63) is 65.9 Å². The number of hydrogen-bond acceptors (Lipinski definition) is 2. The van der Waals surface area contributed by atoms with Crippen LogP contribution in [0, 0.1) is 6.92 Å². The van der Waals surface area contributed by atoms with E-state index in [1.165, 1.54) is 22.0 Å². The Morgan fingerprint density at radius 1 is 1.11 bits per heavy atom. The first-order valence-corrected chi connectivity index (χ1v) is 11.0. The van der Waals surface area contributed by atoms with Gasteiger partial charge in [0.25, 0.3) is 0 Å². The summed E-state index contributed by atoms with van der Waals surface area (Å²) in [6.07, 6.45) is 3.00. The van der Waals surface area contributed by atoms with E-state index in [4.69, 9.17) is 0 Å². The van der Waals surface area contributed by atoms with Crippen LogP contribution >= 0.6 is 0 Å². The molecule has 0 amide bonds. The van der Waals surface area contributed by atoms with Gasteiger partial charge in [-0.3, -0.25) is 9.20 Å². The number of nitrogens with one attached hydrogen (secondary N) is 3. The van der Waals surface area contributed by atoms with Gasteiger partial charge >= 0.3 is 0 Å². The SMILES string of the molecule is CCNC(=NCCS(=O)c1ccccc1)NCCc1c[nH]c2cccc(C)c12. The summed E-state index contributed by atoms with van der Waals surface area (Å²) in [6.45, 7) is 6.28. The molecular formula is C22H28N4OS. The number of aliphatic imine (C=N–C) groups is 1. The van der Waals surface area contributed by atoms with Gasteiger partial charge in [0.05, 0.1) is 17.3 Å². The third kappa shape index (κ3) is 5.23. The van der Waals surface area contributed by atoms with Crippen LogP contribution in [0.4, 0.5) is 0 Å². The van der Waals surface area contributed by atoms with Gasteiger partial charge in [0.2, 0.25) is 0 Å². The van der Waals surface area contributed by atoms with Crippen LogP contribution in [0.15, 0.2) is 64.6 Å². The fraction of sp³-hybridized carbons (Fsp3) is 0.318. The van der Waals surface area contributed by atoms with Crippen molar-refractivity contribution in [3.63, 3.8) is 0 Å². The molecule has 3 N–H and O–H groups in total. The largest absolute Gasteiger partial charge is 0.361 e. The summed E-state index contributed by atoms with van der Waals surface area (Å²) in [4.78, 5) is 8.77. The number of benzene rings is 2. The van der Waals surface area contributed by atoms with E-state index in [-0.39, 0.29) is 0 Å². The number of hydrogen-bond donors (Lipinski definition) is 3. The maximum Gasteiger partial charge on any atom is 0.191 e. The number of fused-ring (bicyclic) bond motifs is 1. The van der Waals surface area contributed by atoms with Gasteiger partial charge in [0.1, 0.15) is 0 Å². The molecule has 28 heavy (non-hydrogen) atoms. The molecule has 3 aromatic rings. The molecule has 0 bridgehead atoms. The van der Waals surface area contributed by atoms with Gasteiger partial charge in [-0.2, -0.15) is 0 Å². The number of H-pyrrole nitrogens is 1. The normalized spacial score (nSPS) is 12.9. The molecule has 0 aliphatic carbocycles. The Kier molecular flexibility index (Phi) is 7.25. The van der Waals surface area contributed by atoms with E-state index in [1.807, 2.05) is 37.3 Å². The Morgan fingerprint density at radius 2 is 1.93 bits per heavy atom. The molecule has 148 valence electrons. The van der Waals surface area contributed by atoms with E-state index in [9.17, 15) is 4.21 Å². The second kappa shape index (κ2) is 10.1. The summed E-state index contributed by atoms with van der Waals surface area (Å²) in [5.41, 5.74) is 3.78. The molecule has 6 heteroatoms. The van der Waals surface area contributed by atoms with Crippen molar-refractivity contribution in [2.75, 3.05) is 25.4 Å². The zero-order valence-electron chi connectivity index (χ0n) is 16.5. The predicted molar refractivity (Wildman–Crippen MR) is 118 cm³/mol. The molecule has 5 nitrogen and oxygen atoms in total. The molecule has 1 atom stereocenters. The van der Waals surface area contributed by atoms with Crippen LogP contribution in [-0.2, 0) is 17.2 Å². The van der Waals surface area contributed by atoms with E-state index in [0.717, 1.165) is 30.4 Å². The topological polar surface area (TPSA) is 69.3 Å². The van der Waals surface area contributed by atoms with Crippen LogP contribution in [0.5, 0.6) is 0 Å². The lowest BCUT2D eigenvalue weighted by atomic mass is 10.1. The summed E-state index contributed by atoms with van der Waals surface area (Å²) >= 11 is 0. The molecule has 0 aliphatic rings. The van der Waals surface area contributed by atoms with E-state index >= 15 is 0 Å². The van der Waals surface area contributed by atoms with Gasteiger partial charge in [-0.25, -0.2) is 0 Å². The third-order valence-electron chi connectivity index (χ3n) is 4.58. The number of guanidine groups is 1.